The Kier molecular flexibility index (Phi) is 4.50. The lowest BCUT2D eigenvalue weighted by atomic mass is 10.1. The Bertz CT molecular complexity index is 718. The minimum Gasteiger partial charge on any atom is -0.355 e. The van der Waals surface area contributed by atoms with Gasteiger partial charge in [-0.2, -0.15) is 8.42 Å². The van der Waals surface area contributed by atoms with Gasteiger partial charge in [0.2, 0.25) is 5.91 Å². The van der Waals surface area contributed by atoms with Crippen LogP contribution in [0.3, 0.4) is 0 Å². The molecular weight excluding hydrogens is 311 g/mol. The number of hydrogen-bond donors (Lipinski definition) is 1. The average Bonchev–Trinajstić information content (AvgIpc) is 2.76. The molecule has 1 aliphatic rings. The van der Waals surface area contributed by atoms with Gasteiger partial charge in [0.05, 0.1) is 5.75 Å². The first kappa shape index (κ1) is 16.4. The van der Waals surface area contributed by atoms with Gasteiger partial charge in [-0.15, -0.1) is 3.89 Å². The Labute approximate surface area is 128 Å². The molecule has 0 aromatic heterocycles. The predicted molar refractivity (Wildman–Crippen MR) is 79.9 cm³/mol. The highest BCUT2D eigenvalue weighted by Gasteiger charge is 2.34. The van der Waals surface area contributed by atoms with Gasteiger partial charge in [-0.3, -0.25) is 9.59 Å². The number of aryl methyl sites for hydroxylation is 1. The van der Waals surface area contributed by atoms with Gasteiger partial charge in [-0.25, -0.2) is 0 Å². The second-order valence-electron chi connectivity index (χ2n) is 5.36. The van der Waals surface area contributed by atoms with Crippen LogP contribution in [0.25, 0.3) is 0 Å². The molecule has 0 spiro atoms. The fraction of sp³-hybridized carbons (Fsp3) is 0.429. The number of amides is 2. The van der Waals surface area contributed by atoms with E-state index >= 15 is 0 Å². The van der Waals surface area contributed by atoms with Gasteiger partial charge in [0.25, 0.3) is 5.91 Å². The van der Waals surface area contributed by atoms with Crippen molar-refractivity contribution in [1.82, 2.24) is 5.32 Å². The summed E-state index contributed by atoms with van der Waals surface area (Å²) in [5.74, 6) is -1.68. The summed E-state index contributed by atoms with van der Waals surface area (Å²) in [5, 5.41) is 2.51. The second kappa shape index (κ2) is 6.04. The minimum atomic E-state index is -4.60. The summed E-state index contributed by atoms with van der Waals surface area (Å²) in [6.07, 6.45) is -0.000211. The van der Waals surface area contributed by atoms with E-state index in [2.05, 4.69) is 5.32 Å². The van der Waals surface area contributed by atoms with E-state index in [9.17, 15) is 21.9 Å². The third-order valence-corrected chi connectivity index (χ3v) is 4.49. The van der Waals surface area contributed by atoms with Gasteiger partial charge in [0.15, 0.2) is 0 Å². The van der Waals surface area contributed by atoms with E-state index in [1.54, 1.807) is 25.1 Å². The van der Waals surface area contributed by atoms with Crippen molar-refractivity contribution in [3.05, 3.63) is 29.3 Å². The van der Waals surface area contributed by atoms with E-state index in [4.69, 9.17) is 0 Å². The molecule has 1 atom stereocenters. The Morgan fingerprint density at radius 3 is 2.68 bits per heavy atom. The summed E-state index contributed by atoms with van der Waals surface area (Å²) >= 11 is 0. The zero-order chi connectivity index (χ0) is 16.5. The van der Waals surface area contributed by atoms with Gasteiger partial charge in [0, 0.05) is 37.2 Å². The molecule has 8 heteroatoms. The molecule has 2 amide bonds. The van der Waals surface area contributed by atoms with Crippen LogP contribution in [-0.4, -0.2) is 39.6 Å². The molecule has 2 rings (SSSR count). The molecule has 1 unspecified atom stereocenters. The number of rotatable bonds is 4. The van der Waals surface area contributed by atoms with E-state index < -0.39 is 21.9 Å². The van der Waals surface area contributed by atoms with Crippen molar-refractivity contribution < 1.29 is 21.9 Å². The maximum Gasteiger partial charge on any atom is 0.302 e. The number of carbonyl (C=O) groups is 2. The predicted octanol–water partition coefficient (Wildman–Crippen LogP) is 1.01. The van der Waals surface area contributed by atoms with Crippen molar-refractivity contribution in [2.45, 2.75) is 13.3 Å². The van der Waals surface area contributed by atoms with E-state index in [1.165, 1.54) is 11.9 Å². The van der Waals surface area contributed by atoms with Gasteiger partial charge in [-0.1, -0.05) is 0 Å². The summed E-state index contributed by atoms with van der Waals surface area (Å²) in [6, 6.07) is 4.89. The number of nitrogens with one attached hydrogen (secondary N) is 1. The fourth-order valence-corrected chi connectivity index (χ4v) is 3.44. The van der Waals surface area contributed by atoms with Crippen LogP contribution in [0.5, 0.6) is 0 Å². The van der Waals surface area contributed by atoms with Gasteiger partial charge >= 0.3 is 10.2 Å². The molecule has 0 aliphatic carbocycles. The zero-order valence-electron chi connectivity index (χ0n) is 12.3. The van der Waals surface area contributed by atoms with E-state index in [1.807, 2.05) is 0 Å². The van der Waals surface area contributed by atoms with Gasteiger partial charge in [0.1, 0.15) is 0 Å². The number of halogens is 1. The lowest BCUT2D eigenvalue weighted by molar-refractivity contribution is -0.117. The summed E-state index contributed by atoms with van der Waals surface area (Å²) in [5.41, 5.74) is 1.80. The molecule has 1 saturated heterocycles. The molecule has 1 aromatic rings. The van der Waals surface area contributed by atoms with Crippen molar-refractivity contribution >= 4 is 27.7 Å². The van der Waals surface area contributed by atoms with Crippen LogP contribution in [0.2, 0.25) is 0 Å². The largest absolute Gasteiger partial charge is 0.355 e. The smallest absolute Gasteiger partial charge is 0.302 e. The first-order valence-corrected chi connectivity index (χ1v) is 8.32. The maximum atomic E-state index is 12.8. The SMILES string of the molecule is CNC(=O)c1ccc(N2CC(CS(=O)(=O)F)CC2=O)c(C)c1. The van der Waals surface area contributed by atoms with Crippen LogP contribution in [0.15, 0.2) is 18.2 Å². The van der Waals surface area contributed by atoms with Crippen LogP contribution in [0, 0.1) is 12.8 Å². The molecule has 120 valence electrons. The van der Waals surface area contributed by atoms with Crippen LogP contribution < -0.4 is 10.2 Å². The van der Waals surface area contributed by atoms with E-state index in [0.717, 1.165) is 5.56 Å². The van der Waals surface area contributed by atoms with Crippen molar-refractivity contribution in [2.75, 3.05) is 24.2 Å². The highest BCUT2D eigenvalue weighted by Crippen LogP contribution is 2.29. The Balaban J connectivity index is 2.22. The summed E-state index contributed by atoms with van der Waals surface area (Å²) < 4.78 is 34.2. The van der Waals surface area contributed by atoms with Crippen LogP contribution in [0.4, 0.5) is 9.57 Å². The van der Waals surface area contributed by atoms with E-state index in [0.29, 0.717) is 11.3 Å². The van der Waals surface area contributed by atoms with Crippen LogP contribution >= 0.6 is 0 Å². The molecule has 1 aromatic carbocycles. The van der Waals surface area contributed by atoms with Crippen LogP contribution in [-0.2, 0) is 15.0 Å². The van der Waals surface area contributed by atoms with Crippen molar-refractivity contribution in [1.29, 1.82) is 0 Å². The number of carbonyl (C=O) groups excluding carboxylic acids is 2. The molecule has 0 bridgehead atoms. The highest BCUT2D eigenvalue weighted by molar-refractivity contribution is 7.86. The summed E-state index contributed by atoms with van der Waals surface area (Å²) in [7, 11) is -3.07. The topological polar surface area (TPSA) is 83.6 Å². The van der Waals surface area contributed by atoms with Crippen molar-refractivity contribution in [3.8, 4) is 0 Å². The normalized spacial score (nSPS) is 18.6. The number of benzene rings is 1. The molecule has 0 saturated carbocycles. The van der Waals surface area contributed by atoms with Gasteiger partial charge in [-0.05, 0) is 30.7 Å². The molecule has 6 nitrogen and oxygen atoms in total. The number of hydrogen-bond acceptors (Lipinski definition) is 4. The highest BCUT2D eigenvalue weighted by atomic mass is 32.3. The quantitative estimate of drug-likeness (QED) is 0.836. The Hall–Kier alpha value is -1.96. The minimum absolute atomic E-state index is 0.000211. The maximum absolute atomic E-state index is 12.8. The fourth-order valence-electron chi connectivity index (χ4n) is 2.65. The third-order valence-electron chi connectivity index (χ3n) is 3.62. The molecule has 1 fully saturated rings. The Morgan fingerprint density at radius 1 is 1.45 bits per heavy atom. The monoisotopic (exact) mass is 328 g/mol. The standard InChI is InChI=1S/C14H17FN2O4S/c1-9-5-11(14(19)16-2)3-4-12(9)17-7-10(6-13(17)18)8-22(15,20)21/h3-5,10H,6-8H2,1-2H3,(H,16,19). The molecular formula is C14H17FN2O4S. The summed E-state index contributed by atoms with van der Waals surface area (Å²) in [6.45, 7) is 1.91. The van der Waals surface area contributed by atoms with Crippen molar-refractivity contribution in [3.63, 3.8) is 0 Å². The molecule has 0 radical (unpaired) electrons. The van der Waals surface area contributed by atoms with Gasteiger partial charge < -0.3 is 10.2 Å². The third kappa shape index (κ3) is 3.62. The first-order chi connectivity index (χ1) is 10.2. The summed E-state index contributed by atoms with van der Waals surface area (Å²) in [4.78, 5) is 25.0. The molecule has 1 aliphatic heterocycles. The number of anilines is 1. The van der Waals surface area contributed by atoms with E-state index in [-0.39, 0.29) is 24.8 Å². The molecule has 1 N–H and O–H groups in total. The van der Waals surface area contributed by atoms with Crippen LogP contribution in [0.1, 0.15) is 22.3 Å². The molecule has 1 heterocycles. The lowest BCUT2D eigenvalue weighted by Gasteiger charge is -2.19. The lowest BCUT2D eigenvalue weighted by Crippen LogP contribution is -2.26. The Morgan fingerprint density at radius 2 is 2.14 bits per heavy atom. The zero-order valence-corrected chi connectivity index (χ0v) is 13.1. The first-order valence-electron chi connectivity index (χ1n) is 6.76. The van der Waals surface area contributed by atoms with Crippen molar-refractivity contribution in [2.24, 2.45) is 5.92 Å². The second-order valence-corrected chi connectivity index (χ2v) is 6.77. The average molecular weight is 328 g/mol. The number of nitrogens with zero attached hydrogens (tertiary/aromatic N) is 1. The molecule has 22 heavy (non-hydrogen) atoms.